The molecule has 0 N–H and O–H groups in total. The van der Waals surface area contributed by atoms with E-state index in [2.05, 4.69) is 11.9 Å². The highest BCUT2D eigenvalue weighted by Gasteiger charge is 2.16. The summed E-state index contributed by atoms with van der Waals surface area (Å²) < 4.78 is 1.73. The maximum atomic E-state index is 11.8. The van der Waals surface area contributed by atoms with Crippen LogP contribution in [-0.2, 0) is 19.4 Å². The summed E-state index contributed by atoms with van der Waals surface area (Å²) in [6.45, 7) is 2.86. The molecule has 3 heteroatoms. The van der Waals surface area contributed by atoms with Crippen molar-refractivity contribution in [1.82, 2.24) is 9.55 Å². The van der Waals surface area contributed by atoms with Crippen LogP contribution in [0.4, 0.5) is 0 Å². The van der Waals surface area contributed by atoms with Crippen molar-refractivity contribution in [3.05, 3.63) is 27.9 Å². The van der Waals surface area contributed by atoms with E-state index in [0.29, 0.717) is 0 Å². The zero-order valence-corrected chi connectivity index (χ0v) is 7.92. The minimum Gasteiger partial charge on any atom is -0.299 e. The lowest BCUT2D eigenvalue weighted by Crippen LogP contribution is -2.24. The summed E-state index contributed by atoms with van der Waals surface area (Å²) in [5.41, 5.74) is 2.16. The van der Waals surface area contributed by atoms with Crippen LogP contribution in [0.2, 0.25) is 0 Å². The first kappa shape index (κ1) is 8.48. The van der Waals surface area contributed by atoms with Gasteiger partial charge in [0.25, 0.3) is 5.56 Å². The molecule has 0 amide bonds. The van der Waals surface area contributed by atoms with Crippen LogP contribution < -0.4 is 5.56 Å². The molecule has 1 aromatic rings. The molecule has 0 aromatic carbocycles. The number of rotatable bonds is 2. The molecule has 2 rings (SSSR count). The van der Waals surface area contributed by atoms with Crippen LogP contribution in [0, 0.1) is 0 Å². The van der Waals surface area contributed by atoms with Crippen LogP contribution in [0.25, 0.3) is 0 Å². The highest BCUT2D eigenvalue weighted by atomic mass is 16.1. The second kappa shape index (κ2) is 3.32. The first-order chi connectivity index (χ1) is 6.33. The molecule has 0 saturated carbocycles. The Hall–Kier alpha value is -1.12. The van der Waals surface area contributed by atoms with Crippen LogP contribution in [-0.4, -0.2) is 9.55 Å². The van der Waals surface area contributed by atoms with Crippen molar-refractivity contribution in [2.45, 2.75) is 39.2 Å². The standard InChI is InChI=1S/C10H14N2O/c1-2-6-12-7-11-9-5-3-4-8(9)10(12)13/h7H,2-6H2,1H3. The molecule has 1 aliphatic rings. The fourth-order valence-electron chi connectivity index (χ4n) is 1.87. The van der Waals surface area contributed by atoms with Crippen molar-refractivity contribution in [3.63, 3.8) is 0 Å². The minimum absolute atomic E-state index is 0.185. The molecule has 70 valence electrons. The first-order valence-corrected chi connectivity index (χ1v) is 4.90. The van der Waals surface area contributed by atoms with E-state index in [9.17, 15) is 4.79 Å². The molecule has 0 radical (unpaired) electrons. The SMILES string of the molecule is CCCn1cnc2c(c1=O)CCC2. The molecule has 1 aromatic heterocycles. The molecule has 1 aliphatic carbocycles. The highest BCUT2D eigenvalue weighted by molar-refractivity contribution is 5.21. The largest absolute Gasteiger partial charge is 0.299 e. The predicted octanol–water partition coefficient (Wildman–Crippen LogP) is 1.14. The molecule has 13 heavy (non-hydrogen) atoms. The van der Waals surface area contributed by atoms with Gasteiger partial charge in [-0.1, -0.05) is 6.92 Å². The Kier molecular flexibility index (Phi) is 2.17. The third-order valence-electron chi connectivity index (χ3n) is 2.53. The third-order valence-corrected chi connectivity index (χ3v) is 2.53. The topological polar surface area (TPSA) is 34.9 Å². The van der Waals surface area contributed by atoms with Gasteiger partial charge in [0.05, 0.1) is 12.0 Å². The Bertz CT molecular complexity index is 368. The van der Waals surface area contributed by atoms with Crippen LogP contribution in [0.1, 0.15) is 31.0 Å². The second-order valence-corrected chi connectivity index (χ2v) is 3.52. The Labute approximate surface area is 77.4 Å². The molecule has 0 spiro atoms. The lowest BCUT2D eigenvalue weighted by Gasteiger charge is -2.04. The van der Waals surface area contributed by atoms with Crippen molar-refractivity contribution < 1.29 is 0 Å². The van der Waals surface area contributed by atoms with Gasteiger partial charge in [0.1, 0.15) is 0 Å². The van der Waals surface area contributed by atoms with E-state index in [1.807, 2.05) is 0 Å². The number of aryl methyl sites for hydroxylation is 2. The summed E-state index contributed by atoms with van der Waals surface area (Å²) in [7, 11) is 0. The first-order valence-electron chi connectivity index (χ1n) is 4.90. The Morgan fingerprint density at radius 2 is 2.38 bits per heavy atom. The molecule has 0 aliphatic heterocycles. The third kappa shape index (κ3) is 1.39. The average Bonchev–Trinajstić information content (AvgIpc) is 2.58. The number of nitrogens with zero attached hydrogens (tertiary/aromatic N) is 2. The minimum atomic E-state index is 0.185. The van der Waals surface area contributed by atoms with Gasteiger partial charge in [-0.05, 0) is 25.7 Å². The summed E-state index contributed by atoms with van der Waals surface area (Å²) in [5.74, 6) is 0. The summed E-state index contributed by atoms with van der Waals surface area (Å²) >= 11 is 0. The second-order valence-electron chi connectivity index (χ2n) is 3.52. The monoisotopic (exact) mass is 178 g/mol. The van der Waals surface area contributed by atoms with Gasteiger partial charge in [-0.2, -0.15) is 0 Å². The van der Waals surface area contributed by atoms with Crippen LogP contribution in [0.3, 0.4) is 0 Å². The van der Waals surface area contributed by atoms with E-state index in [1.54, 1.807) is 10.9 Å². The fraction of sp³-hybridized carbons (Fsp3) is 0.600. The van der Waals surface area contributed by atoms with Crippen molar-refractivity contribution >= 4 is 0 Å². The van der Waals surface area contributed by atoms with Gasteiger partial charge in [0.2, 0.25) is 0 Å². The fourth-order valence-corrected chi connectivity index (χ4v) is 1.87. The van der Waals surface area contributed by atoms with Gasteiger partial charge in [-0.15, -0.1) is 0 Å². The molecular weight excluding hydrogens is 164 g/mol. The molecule has 0 atom stereocenters. The van der Waals surface area contributed by atoms with Gasteiger partial charge < -0.3 is 0 Å². The Morgan fingerprint density at radius 3 is 3.15 bits per heavy atom. The number of aromatic nitrogens is 2. The summed E-state index contributed by atoms with van der Waals surface area (Å²) in [4.78, 5) is 16.1. The number of hydrogen-bond acceptors (Lipinski definition) is 2. The summed E-state index contributed by atoms with van der Waals surface area (Å²) in [6, 6.07) is 0. The number of fused-ring (bicyclic) bond motifs is 1. The molecule has 0 saturated heterocycles. The van der Waals surface area contributed by atoms with Crippen molar-refractivity contribution in [2.24, 2.45) is 0 Å². The van der Waals surface area contributed by atoms with Crippen LogP contribution in [0.15, 0.2) is 11.1 Å². The summed E-state index contributed by atoms with van der Waals surface area (Å²) in [5, 5.41) is 0. The normalized spacial score (nSPS) is 14.5. The maximum Gasteiger partial charge on any atom is 0.256 e. The average molecular weight is 178 g/mol. The van der Waals surface area contributed by atoms with Crippen LogP contribution >= 0.6 is 0 Å². The van der Waals surface area contributed by atoms with Crippen molar-refractivity contribution in [3.8, 4) is 0 Å². The van der Waals surface area contributed by atoms with Gasteiger partial charge in [0, 0.05) is 12.1 Å². The highest BCUT2D eigenvalue weighted by Crippen LogP contribution is 2.14. The lowest BCUT2D eigenvalue weighted by molar-refractivity contribution is 0.633. The molecule has 3 nitrogen and oxygen atoms in total. The molecule has 0 unspecified atom stereocenters. The zero-order chi connectivity index (χ0) is 9.26. The summed E-state index contributed by atoms with van der Waals surface area (Å²) in [6.07, 6.45) is 5.67. The van der Waals surface area contributed by atoms with Crippen molar-refractivity contribution in [1.29, 1.82) is 0 Å². The molecule has 0 fully saturated rings. The predicted molar refractivity (Wildman–Crippen MR) is 50.8 cm³/mol. The van der Waals surface area contributed by atoms with E-state index < -0.39 is 0 Å². The van der Waals surface area contributed by atoms with Gasteiger partial charge >= 0.3 is 0 Å². The lowest BCUT2D eigenvalue weighted by atomic mass is 10.2. The van der Waals surface area contributed by atoms with E-state index in [1.165, 1.54) is 0 Å². The van der Waals surface area contributed by atoms with E-state index in [0.717, 1.165) is 43.5 Å². The Balaban J connectivity index is 2.47. The van der Waals surface area contributed by atoms with E-state index in [-0.39, 0.29) is 5.56 Å². The van der Waals surface area contributed by atoms with E-state index >= 15 is 0 Å². The molecule has 0 bridgehead atoms. The zero-order valence-electron chi connectivity index (χ0n) is 7.92. The van der Waals surface area contributed by atoms with Gasteiger partial charge in [-0.3, -0.25) is 9.36 Å². The Morgan fingerprint density at radius 1 is 1.54 bits per heavy atom. The number of hydrogen-bond donors (Lipinski definition) is 0. The smallest absolute Gasteiger partial charge is 0.256 e. The molecular formula is C10H14N2O. The van der Waals surface area contributed by atoms with E-state index in [4.69, 9.17) is 0 Å². The van der Waals surface area contributed by atoms with Crippen molar-refractivity contribution in [2.75, 3.05) is 0 Å². The van der Waals surface area contributed by atoms with Gasteiger partial charge in [0.15, 0.2) is 0 Å². The van der Waals surface area contributed by atoms with Crippen LogP contribution in [0.5, 0.6) is 0 Å². The maximum absolute atomic E-state index is 11.8. The van der Waals surface area contributed by atoms with Gasteiger partial charge in [-0.25, -0.2) is 4.98 Å². The molecule has 1 heterocycles. The quantitative estimate of drug-likeness (QED) is 0.680.